The van der Waals surface area contributed by atoms with Gasteiger partial charge in [-0.1, -0.05) is 34.1 Å². The van der Waals surface area contributed by atoms with Gasteiger partial charge in [0.05, 0.1) is 11.8 Å². The predicted octanol–water partition coefficient (Wildman–Crippen LogP) is 3.81. The maximum Gasteiger partial charge on any atom is 0.0823 e. The van der Waals surface area contributed by atoms with Gasteiger partial charge in [-0.2, -0.15) is 5.10 Å². The van der Waals surface area contributed by atoms with Gasteiger partial charge in [0, 0.05) is 17.3 Å². The quantitative estimate of drug-likeness (QED) is 0.801. The molecule has 3 heteroatoms. The molecule has 104 valence electrons. The predicted molar refractivity (Wildman–Crippen MR) is 75.9 cm³/mol. The van der Waals surface area contributed by atoms with Crippen LogP contribution < -0.4 is 0 Å². The van der Waals surface area contributed by atoms with Crippen LogP contribution in [0.4, 0.5) is 0 Å². The summed E-state index contributed by atoms with van der Waals surface area (Å²) in [5.74, 6) is 0. The monoisotopic (exact) mass is 252 g/mol. The molecular weight excluding hydrogens is 224 g/mol. The minimum atomic E-state index is -0.363. The molecule has 18 heavy (non-hydrogen) atoms. The third-order valence-corrected chi connectivity index (χ3v) is 3.64. The number of aliphatic hydroxyl groups excluding tert-OH is 1. The Hall–Kier alpha value is -0.830. The van der Waals surface area contributed by atoms with Crippen molar-refractivity contribution in [1.29, 1.82) is 0 Å². The highest BCUT2D eigenvalue weighted by Crippen LogP contribution is 2.28. The standard InChI is InChI=1S/C15H28N2O/c1-6-10-11(5)17-13(8-3)15(14(18)9-4)12(7-2)16-17/h11,14,18H,6-10H2,1-5H3. The Kier molecular flexibility index (Phi) is 5.86. The molecule has 0 aliphatic rings. The lowest BCUT2D eigenvalue weighted by Gasteiger charge is -2.16. The van der Waals surface area contributed by atoms with E-state index in [4.69, 9.17) is 5.10 Å². The van der Waals surface area contributed by atoms with Crippen LogP contribution in [-0.2, 0) is 12.8 Å². The Bertz CT molecular complexity index is 371. The Balaban J connectivity index is 3.23. The molecule has 0 saturated carbocycles. The van der Waals surface area contributed by atoms with Gasteiger partial charge in [0.2, 0.25) is 0 Å². The minimum absolute atomic E-state index is 0.363. The molecule has 0 radical (unpaired) electrons. The second-order valence-electron chi connectivity index (χ2n) is 5.02. The van der Waals surface area contributed by atoms with Crippen LogP contribution in [-0.4, -0.2) is 14.9 Å². The maximum atomic E-state index is 10.2. The van der Waals surface area contributed by atoms with E-state index in [-0.39, 0.29) is 6.10 Å². The number of aliphatic hydroxyl groups is 1. The number of aryl methyl sites for hydroxylation is 1. The molecule has 0 saturated heterocycles. The van der Waals surface area contributed by atoms with E-state index >= 15 is 0 Å². The van der Waals surface area contributed by atoms with Crippen molar-refractivity contribution >= 4 is 0 Å². The maximum absolute atomic E-state index is 10.2. The molecule has 1 aromatic rings. The second kappa shape index (κ2) is 6.93. The summed E-state index contributed by atoms with van der Waals surface area (Å²) >= 11 is 0. The molecule has 0 aliphatic heterocycles. The summed E-state index contributed by atoms with van der Waals surface area (Å²) in [4.78, 5) is 0. The zero-order chi connectivity index (χ0) is 13.7. The number of hydrogen-bond acceptors (Lipinski definition) is 2. The average Bonchev–Trinajstić information content (AvgIpc) is 2.76. The number of hydrogen-bond donors (Lipinski definition) is 1. The van der Waals surface area contributed by atoms with Crippen molar-refractivity contribution in [1.82, 2.24) is 9.78 Å². The molecule has 2 unspecified atom stereocenters. The highest BCUT2D eigenvalue weighted by molar-refractivity contribution is 5.29. The molecule has 1 aromatic heterocycles. The SMILES string of the molecule is CCCC(C)n1nc(CC)c(C(O)CC)c1CC. The summed E-state index contributed by atoms with van der Waals surface area (Å²) in [6, 6.07) is 0.424. The molecule has 0 fully saturated rings. The zero-order valence-electron chi connectivity index (χ0n) is 12.5. The molecule has 2 atom stereocenters. The van der Waals surface area contributed by atoms with Crippen LogP contribution in [0.5, 0.6) is 0 Å². The first kappa shape index (κ1) is 15.2. The molecule has 0 aromatic carbocycles. The summed E-state index contributed by atoms with van der Waals surface area (Å²) < 4.78 is 2.15. The van der Waals surface area contributed by atoms with E-state index in [0.717, 1.165) is 43.4 Å². The van der Waals surface area contributed by atoms with Gasteiger partial charge in [-0.3, -0.25) is 4.68 Å². The smallest absolute Gasteiger partial charge is 0.0823 e. The summed E-state index contributed by atoms with van der Waals surface area (Å²) in [5, 5.41) is 15.0. The van der Waals surface area contributed by atoms with E-state index in [1.54, 1.807) is 0 Å². The van der Waals surface area contributed by atoms with Crippen molar-refractivity contribution in [2.75, 3.05) is 0 Å². The summed E-state index contributed by atoms with van der Waals surface area (Å²) in [7, 11) is 0. The van der Waals surface area contributed by atoms with Crippen LogP contribution in [0.15, 0.2) is 0 Å². The number of nitrogens with zero attached hydrogens (tertiary/aromatic N) is 2. The van der Waals surface area contributed by atoms with Crippen LogP contribution in [0, 0.1) is 0 Å². The van der Waals surface area contributed by atoms with Crippen LogP contribution >= 0.6 is 0 Å². The lowest BCUT2D eigenvalue weighted by Crippen LogP contribution is -2.11. The summed E-state index contributed by atoms with van der Waals surface area (Å²) in [5.41, 5.74) is 3.39. The second-order valence-corrected chi connectivity index (χ2v) is 5.02. The van der Waals surface area contributed by atoms with Crippen molar-refractivity contribution in [3.8, 4) is 0 Å². The summed E-state index contributed by atoms with van der Waals surface area (Å²) in [6.07, 6.45) is 4.53. The van der Waals surface area contributed by atoms with E-state index < -0.39 is 0 Å². The van der Waals surface area contributed by atoms with E-state index in [0.29, 0.717) is 6.04 Å². The van der Waals surface area contributed by atoms with Crippen molar-refractivity contribution in [3.63, 3.8) is 0 Å². The Labute approximate surface area is 111 Å². The first-order chi connectivity index (χ1) is 8.60. The fraction of sp³-hybridized carbons (Fsp3) is 0.800. The third kappa shape index (κ3) is 2.94. The highest BCUT2D eigenvalue weighted by atomic mass is 16.3. The zero-order valence-corrected chi connectivity index (χ0v) is 12.5. The molecule has 3 nitrogen and oxygen atoms in total. The third-order valence-electron chi connectivity index (χ3n) is 3.64. The lowest BCUT2D eigenvalue weighted by atomic mass is 10.0. The van der Waals surface area contributed by atoms with Gasteiger partial charge >= 0.3 is 0 Å². The van der Waals surface area contributed by atoms with E-state index in [2.05, 4.69) is 32.4 Å². The fourth-order valence-electron chi connectivity index (χ4n) is 2.64. The Morgan fingerprint density at radius 2 is 1.83 bits per heavy atom. The van der Waals surface area contributed by atoms with Gasteiger partial charge in [0.1, 0.15) is 0 Å². The minimum Gasteiger partial charge on any atom is -0.388 e. The number of aromatic nitrogens is 2. The molecule has 1 heterocycles. The molecule has 0 bridgehead atoms. The average molecular weight is 252 g/mol. The lowest BCUT2D eigenvalue weighted by molar-refractivity contribution is 0.171. The van der Waals surface area contributed by atoms with Gasteiger partial charge in [0.25, 0.3) is 0 Å². The van der Waals surface area contributed by atoms with Gasteiger partial charge < -0.3 is 5.11 Å². The molecule has 0 amide bonds. The first-order valence-electron chi connectivity index (χ1n) is 7.38. The topological polar surface area (TPSA) is 38.0 Å². The largest absolute Gasteiger partial charge is 0.388 e. The van der Waals surface area contributed by atoms with E-state index in [9.17, 15) is 5.11 Å². The van der Waals surface area contributed by atoms with Crippen LogP contribution in [0.2, 0.25) is 0 Å². The van der Waals surface area contributed by atoms with Gasteiger partial charge in [-0.15, -0.1) is 0 Å². The van der Waals surface area contributed by atoms with Crippen molar-refractivity contribution in [2.24, 2.45) is 0 Å². The van der Waals surface area contributed by atoms with E-state index in [1.807, 2.05) is 6.92 Å². The normalized spacial score (nSPS) is 14.8. The highest BCUT2D eigenvalue weighted by Gasteiger charge is 2.22. The van der Waals surface area contributed by atoms with Crippen molar-refractivity contribution in [3.05, 3.63) is 17.0 Å². The van der Waals surface area contributed by atoms with E-state index in [1.165, 1.54) is 5.69 Å². The van der Waals surface area contributed by atoms with Crippen LogP contribution in [0.3, 0.4) is 0 Å². The fourth-order valence-corrected chi connectivity index (χ4v) is 2.64. The van der Waals surface area contributed by atoms with Gasteiger partial charge in [-0.25, -0.2) is 0 Å². The summed E-state index contributed by atoms with van der Waals surface area (Å²) in [6.45, 7) is 10.7. The van der Waals surface area contributed by atoms with Gasteiger partial charge in [0.15, 0.2) is 0 Å². The van der Waals surface area contributed by atoms with Crippen molar-refractivity contribution in [2.45, 2.75) is 78.9 Å². The van der Waals surface area contributed by atoms with Crippen molar-refractivity contribution < 1.29 is 5.11 Å². The Morgan fingerprint density at radius 1 is 1.17 bits per heavy atom. The van der Waals surface area contributed by atoms with Crippen LogP contribution in [0.25, 0.3) is 0 Å². The molecule has 0 aliphatic carbocycles. The molecule has 1 N–H and O–H groups in total. The Morgan fingerprint density at radius 3 is 2.28 bits per heavy atom. The first-order valence-corrected chi connectivity index (χ1v) is 7.38. The van der Waals surface area contributed by atoms with Gasteiger partial charge in [-0.05, 0) is 32.6 Å². The molecular formula is C15H28N2O. The van der Waals surface area contributed by atoms with Crippen LogP contribution in [0.1, 0.15) is 83.0 Å². The molecule has 0 spiro atoms. The number of rotatable bonds is 7. The molecule has 1 rings (SSSR count).